The second-order valence-electron chi connectivity index (χ2n) is 4.23. The van der Waals surface area contributed by atoms with E-state index in [4.69, 9.17) is 9.16 Å². The van der Waals surface area contributed by atoms with Gasteiger partial charge in [0.05, 0.1) is 0 Å². The number of hydrogen-bond acceptors (Lipinski definition) is 2. The summed E-state index contributed by atoms with van der Waals surface area (Å²) in [6, 6.07) is 8.40. The van der Waals surface area contributed by atoms with Crippen molar-refractivity contribution in [3.63, 3.8) is 0 Å². The van der Waals surface area contributed by atoms with Crippen LogP contribution in [0.1, 0.15) is 25.0 Å². The Morgan fingerprint density at radius 1 is 1.44 bits per heavy atom. The quantitative estimate of drug-likeness (QED) is 0.502. The van der Waals surface area contributed by atoms with Gasteiger partial charge in [0.2, 0.25) is 9.76 Å². The molecule has 18 heavy (non-hydrogen) atoms. The van der Waals surface area contributed by atoms with Crippen molar-refractivity contribution in [2.75, 3.05) is 19.8 Å². The van der Waals surface area contributed by atoms with Crippen LogP contribution in [0.2, 0.25) is 5.54 Å². The Bertz CT molecular complexity index is 352. The SMILES string of the molecule is C=Cc1cccc(CCO[Si]C(C)COCC)c1. The topological polar surface area (TPSA) is 18.5 Å². The Morgan fingerprint density at radius 3 is 3.00 bits per heavy atom. The molecule has 1 atom stereocenters. The summed E-state index contributed by atoms with van der Waals surface area (Å²) in [5.41, 5.74) is 2.96. The highest BCUT2D eigenvalue weighted by molar-refractivity contribution is 6.29. The predicted octanol–water partition coefficient (Wildman–Crippen LogP) is 3.35. The number of benzene rings is 1. The molecule has 0 aliphatic rings. The van der Waals surface area contributed by atoms with Crippen molar-refractivity contribution in [1.82, 2.24) is 0 Å². The fourth-order valence-corrected chi connectivity index (χ4v) is 2.26. The van der Waals surface area contributed by atoms with Crippen molar-refractivity contribution in [2.24, 2.45) is 0 Å². The summed E-state index contributed by atoms with van der Waals surface area (Å²) in [6.45, 7) is 10.3. The molecule has 0 amide bonds. The average Bonchev–Trinajstić information content (AvgIpc) is 2.41. The molecule has 0 aliphatic carbocycles. The van der Waals surface area contributed by atoms with Crippen molar-refractivity contribution in [3.8, 4) is 0 Å². The minimum absolute atomic E-state index is 0.490. The zero-order valence-corrected chi connectivity index (χ0v) is 12.3. The monoisotopic (exact) mass is 262 g/mol. The average molecular weight is 262 g/mol. The summed E-state index contributed by atoms with van der Waals surface area (Å²) in [5, 5.41) is 0. The van der Waals surface area contributed by atoms with Crippen LogP contribution in [0.5, 0.6) is 0 Å². The summed E-state index contributed by atoms with van der Waals surface area (Å²) in [5.74, 6) is 0. The number of rotatable bonds is 9. The van der Waals surface area contributed by atoms with Gasteiger partial charge in [0.15, 0.2) is 0 Å². The van der Waals surface area contributed by atoms with Crippen molar-refractivity contribution in [3.05, 3.63) is 42.0 Å². The lowest BCUT2D eigenvalue weighted by Gasteiger charge is -2.10. The second-order valence-corrected chi connectivity index (χ2v) is 5.74. The fraction of sp³-hybridized carbons (Fsp3) is 0.467. The molecular weight excluding hydrogens is 240 g/mol. The third-order valence-corrected chi connectivity index (χ3v) is 3.48. The van der Waals surface area contributed by atoms with Crippen LogP contribution in [0.15, 0.2) is 30.8 Å². The van der Waals surface area contributed by atoms with Gasteiger partial charge in [-0.2, -0.15) is 0 Å². The molecule has 1 aromatic rings. The van der Waals surface area contributed by atoms with Crippen LogP contribution in [0.4, 0.5) is 0 Å². The summed E-state index contributed by atoms with van der Waals surface area (Å²) in [7, 11) is 0.520. The fourth-order valence-electron chi connectivity index (χ4n) is 1.57. The van der Waals surface area contributed by atoms with Crippen molar-refractivity contribution < 1.29 is 9.16 Å². The van der Waals surface area contributed by atoms with E-state index < -0.39 is 0 Å². The second kappa shape index (κ2) is 9.08. The van der Waals surface area contributed by atoms with Crippen LogP contribution in [-0.2, 0) is 15.6 Å². The van der Waals surface area contributed by atoms with Gasteiger partial charge in [-0.1, -0.05) is 43.8 Å². The Kier molecular flexibility index (Phi) is 7.65. The van der Waals surface area contributed by atoms with Gasteiger partial charge in [0.25, 0.3) is 0 Å². The van der Waals surface area contributed by atoms with Gasteiger partial charge in [0, 0.05) is 19.8 Å². The molecule has 1 aromatic carbocycles. The summed E-state index contributed by atoms with van der Waals surface area (Å²) in [6.07, 6.45) is 2.83. The summed E-state index contributed by atoms with van der Waals surface area (Å²) < 4.78 is 11.0. The zero-order chi connectivity index (χ0) is 13.2. The van der Waals surface area contributed by atoms with E-state index in [0.717, 1.165) is 26.2 Å². The van der Waals surface area contributed by atoms with E-state index in [9.17, 15) is 0 Å². The first-order valence-corrected chi connectivity index (χ1v) is 7.41. The molecule has 0 N–H and O–H groups in total. The molecule has 3 heteroatoms. The maximum absolute atomic E-state index is 5.69. The Morgan fingerprint density at radius 2 is 2.28 bits per heavy atom. The van der Waals surface area contributed by atoms with Crippen molar-refractivity contribution in [2.45, 2.75) is 25.8 Å². The van der Waals surface area contributed by atoms with Crippen LogP contribution in [-0.4, -0.2) is 29.6 Å². The van der Waals surface area contributed by atoms with Crippen LogP contribution >= 0.6 is 0 Å². The van der Waals surface area contributed by atoms with Crippen LogP contribution < -0.4 is 0 Å². The summed E-state index contributed by atoms with van der Waals surface area (Å²) in [4.78, 5) is 0. The molecule has 0 aliphatic heterocycles. The minimum atomic E-state index is 0.490. The molecule has 0 heterocycles. The molecule has 0 saturated heterocycles. The van der Waals surface area contributed by atoms with E-state index in [-0.39, 0.29) is 0 Å². The first-order chi connectivity index (χ1) is 8.76. The third-order valence-electron chi connectivity index (χ3n) is 2.54. The minimum Gasteiger partial charge on any atom is -0.417 e. The molecule has 2 nitrogen and oxygen atoms in total. The van der Waals surface area contributed by atoms with Crippen molar-refractivity contribution in [1.29, 1.82) is 0 Å². The number of hydrogen-bond donors (Lipinski definition) is 0. The molecule has 98 valence electrons. The highest BCUT2D eigenvalue weighted by Gasteiger charge is 2.04. The van der Waals surface area contributed by atoms with Gasteiger partial charge in [0.1, 0.15) is 0 Å². The van der Waals surface area contributed by atoms with E-state index in [0.29, 0.717) is 15.3 Å². The molecule has 1 unspecified atom stereocenters. The van der Waals surface area contributed by atoms with Gasteiger partial charge in [-0.25, -0.2) is 0 Å². The van der Waals surface area contributed by atoms with Crippen LogP contribution in [0, 0.1) is 0 Å². The molecule has 0 saturated carbocycles. The van der Waals surface area contributed by atoms with Gasteiger partial charge < -0.3 is 9.16 Å². The maximum Gasteiger partial charge on any atom is 0.235 e. The van der Waals surface area contributed by atoms with E-state index in [1.54, 1.807) is 0 Å². The molecule has 0 bridgehead atoms. The maximum atomic E-state index is 5.69. The van der Waals surface area contributed by atoms with E-state index in [2.05, 4.69) is 37.8 Å². The molecule has 0 aromatic heterocycles. The smallest absolute Gasteiger partial charge is 0.235 e. The normalized spacial score (nSPS) is 12.3. The van der Waals surface area contributed by atoms with Gasteiger partial charge in [-0.15, -0.1) is 0 Å². The van der Waals surface area contributed by atoms with E-state index in [1.165, 1.54) is 11.1 Å². The van der Waals surface area contributed by atoms with Crippen molar-refractivity contribution >= 4 is 15.8 Å². The van der Waals surface area contributed by atoms with Gasteiger partial charge in [-0.3, -0.25) is 0 Å². The van der Waals surface area contributed by atoms with E-state index in [1.807, 2.05) is 13.0 Å². The van der Waals surface area contributed by atoms with E-state index >= 15 is 0 Å². The highest BCUT2D eigenvalue weighted by atomic mass is 28.2. The molecule has 1 rings (SSSR count). The lowest BCUT2D eigenvalue weighted by molar-refractivity contribution is 0.144. The summed E-state index contributed by atoms with van der Waals surface area (Å²) >= 11 is 0. The Balaban J connectivity index is 2.19. The van der Waals surface area contributed by atoms with Crippen LogP contribution in [0.25, 0.3) is 6.08 Å². The lowest BCUT2D eigenvalue weighted by atomic mass is 10.1. The number of ether oxygens (including phenoxy) is 1. The first-order valence-electron chi connectivity index (χ1n) is 6.42. The molecule has 2 radical (unpaired) electrons. The highest BCUT2D eigenvalue weighted by Crippen LogP contribution is 2.08. The predicted molar refractivity (Wildman–Crippen MR) is 77.9 cm³/mol. The standard InChI is InChI=1S/C15H22O2Si/c1-4-14-7-6-8-15(11-14)9-10-17-18-13(3)12-16-5-2/h4,6-8,11,13H,1,5,9-10,12H2,2-3H3. The lowest BCUT2D eigenvalue weighted by Crippen LogP contribution is -2.13. The largest absolute Gasteiger partial charge is 0.417 e. The Labute approximate surface area is 113 Å². The molecular formula is C15H22O2Si. The molecule has 0 fully saturated rings. The Hall–Kier alpha value is -0.903. The van der Waals surface area contributed by atoms with Crippen LogP contribution in [0.3, 0.4) is 0 Å². The molecule has 0 spiro atoms. The first kappa shape index (κ1) is 15.2. The van der Waals surface area contributed by atoms with Gasteiger partial charge >= 0.3 is 0 Å². The van der Waals surface area contributed by atoms with Gasteiger partial charge in [-0.05, 0) is 30.0 Å². The third kappa shape index (κ3) is 6.14. The zero-order valence-electron chi connectivity index (χ0n) is 11.3.